The molecule has 0 bridgehead atoms. The van der Waals surface area contributed by atoms with E-state index in [1.807, 2.05) is 6.92 Å². The van der Waals surface area contributed by atoms with Crippen molar-refractivity contribution < 1.29 is 5.11 Å². The van der Waals surface area contributed by atoms with Crippen molar-refractivity contribution in [3.05, 3.63) is 0 Å². The summed E-state index contributed by atoms with van der Waals surface area (Å²) in [6.45, 7) is 3.80. The minimum absolute atomic E-state index is 0.181. The molecule has 0 aromatic heterocycles. The van der Waals surface area contributed by atoms with Gasteiger partial charge < -0.3 is 10.0 Å². The molecule has 1 unspecified atom stereocenters. The first-order valence-electron chi connectivity index (χ1n) is 4.55. The lowest BCUT2D eigenvalue weighted by molar-refractivity contribution is 0.140. The van der Waals surface area contributed by atoms with Crippen LogP contribution in [0.1, 0.15) is 26.2 Å². The predicted molar refractivity (Wildman–Crippen MR) is 46.5 cm³/mol. The lowest BCUT2D eigenvalue weighted by Crippen LogP contribution is -2.28. The first-order valence-corrected chi connectivity index (χ1v) is 4.55. The molecule has 0 aromatic rings. The molecule has 0 saturated heterocycles. The van der Waals surface area contributed by atoms with Crippen LogP contribution in [-0.4, -0.2) is 36.2 Å². The normalized spacial score (nSPS) is 20.7. The molecule has 1 atom stereocenters. The van der Waals surface area contributed by atoms with Crippen molar-refractivity contribution in [3.63, 3.8) is 0 Å². The Balaban J connectivity index is 1.95. The van der Waals surface area contributed by atoms with Crippen molar-refractivity contribution in [3.8, 4) is 0 Å². The maximum absolute atomic E-state index is 9.06. The number of aliphatic hydroxyl groups excluding tert-OH is 1. The second kappa shape index (κ2) is 4.07. The lowest BCUT2D eigenvalue weighted by atomic mass is 10.2. The van der Waals surface area contributed by atoms with Crippen molar-refractivity contribution in [2.24, 2.45) is 5.92 Å². The molecule has 0 amide bonds. The van der Waals surface area contributed by atoms with Crippen LogP contribution in [0.3, 0.4) is 0 Å². The molecule has 1 N–H and O–H groups in total. The summed E-state index contributed by atoms with van der Waals surface area (Å²) in [5.74, 6) is 1.01. The molecule has 1 rings (SSSR count). The summed E-state index contributed by atoms with van der Waals surface area (Å²) in [6, 6.07) is 0. The quantitative estimate of drug-likeness (QED) is 0.646. The summed E-state index contributed by atoms with van der Waals surface area (Å²) in [5.41, 5.74) is 0. The Morgan fingerprint density at radius 3 is 2.64 bits per heavy atom. The van der Waals surface area contributed by atoms with Gasteiger partial charge in [0.15, 0.2) is 0 Å². The Kier molecular flexibility index (Phi) is 3.34. The molecule has 0 radical (unpaired) electrons. The highest BCUT2D eigenvalue weighted by atomic mass is 16.3. The van der Waals surface area contributed by atoms with E-state index in [9.17, 15) is 0 Å². The van der Waals surface area contributed by atoms with Crippen molar-refractivity contribution in [1.29, 1.82) is 0 Å². The standard InChI is InChI=1S/C9H19NO/c1-8(11)7-10(2)6-5-9-3-4-9/h8-9,11H,3-7H2,1-2H3. The zero-order valence-electron chi connectivity index (χ0n) is 7.58. The van der Waals surface area contributed by atoms with Gasteiger partial charge in [0.1, 0.15) is 0 Å². The Hall–Kier alpha value is -0.0800. The van der Waals surface area contributed by atoms with Gasteiger partial charge in [-0.25, -0.2) is 0 Å². The minimum Gasteiger partial charge on any atom is -0.392 e. The van der Waals surface area contributed by atoms with Crippen LogP contribution in [0.25, 0.3) is 0 Å². The first kappa shape index (κ1) is 9.01. The third kappa shape index (κ3) is 4.38. The lowest BCUT2D eigenvalue weighted by Gasteiger charge is -2.17. The summed E-state index contributed by atoms with van der Waals surface area (Å²) in [6.07, 6.45) is 4.01. The predicted octanol–water partition coefficient (Wildman–Crippen LogP) is 1.10. The van der Waals surface area contributed by atoms with E-state index in [2.05, 4.69) is 11.9 Å². The maximum Gasteiger partial charge on any atom is 0.0638 e. The second-order valence-electron chi connectivity index (χ2n) is 3.84. The fourth-order valence-electron chi connectivity index (χ4n) is 1.35. The maximum atomic E-state index is 9.06. The summed E-state index contributed by atoms with van der Waals surface area (Å²) in [5, 5.41) is 9.06. The van der Waals surface area contributed by atoms with Gasteiger partial charge in [0, 0.05) is 6.54 Å². The van der Waals surface area contributed by atoms with E-state index < -0.39 is 0 Å². The van der Waals surface area contributed by atoms with Crippen LogP contribution in [0, 0.1) is 5.92 Å². The molecule has 1 fully saturated rings. The Morgan fingerprint density at radius 1 is 1.55 bits per heavy atom. The number of likely N-dealkylation sites (N-methyl/N-ethyl adjacent to an activating group) is 1. The molecule has 0 aromatic carbocycles. The van der Waals surface area contributed by atoms with Gasteiger partial charge in [-0.05, 0) is 32.9 Å². The highest BCUT2D eigenvalue weighted by molar-refractivity contribution is 4.74. The molecule has 0 aliphatic heterocycles. The van der Waals surface area contributed by atoms with Crippen molar-refractivity contribution in [2.75, 3.05) is 20.1 Å². The van der Waals surface area contributed by atoms with Crippen LogP contribution in [-0.2, 0) is 0 Å². The van der Waals surface area contributed by atoms with Gasteiger partial charge in [-0.15, -0.1) is 0 Å². The SMILES string of the molecule is CC(O)CN(C)CCC1CC1. The monoisotopic (exact) mass is 157 g/mol. The Bertz CT molecular complexity index is 110. The zero-order valence-corrected chi connectivity index (χ0v) is 7.58. The average Bonchev–Trinajstić information content (AvgIpc) is 2.63. The summed E-state index contributed by atoms with van der Waals surface area (Å²) in [4.78, 5) is 2.21. The van der Waals surface area contributed by atoms with Gasteiger partial charge in [0.2, 0.25) is 0 Å². The minimum atomic E-state index is -0.181. The van der Waals surface area contributed by atoms with Crippen LogP contribution in [0.4, 0.5) is 0 Å². The van der Waals surface area contributed by atoms with Crippen molar-refractivity contribution in [2.45, 2.75) is 32.3 Å². The average molecular weight is 157 g/mol. The van der Waals surface area contributed by atoms with Gasteiger partial charge in [0.05, 0.1) is 6.10 Å². The van der Waals surface area contributed by atoms with E-state index in [4.69, 9.17) is 5.11 Å². The summed E-state index contributed by atoms with van der Waals surface area (Å²) < 4.78 is 0. The van der Waals surface area contributed by atoms with E-state index in [1.54, 1.807) is 0 Å². The van der Waals surface area contributed by atoms with Gasteiger partial charge in [-0.2, -0.15) is 0 Å². The number of hydrogen-bond donors (Lipinski definition) is 1. The summed E-state index contributed by atoms with van der Waals surface area (Å²) in [7, 11) is 2.08. The first-order chi connectivity index (χ1) is 5.18. The fourth-order valence-corrected chi connectivity index (χ4v) is 1.35. The smallest absolute Gasteiger partial charge is 0.0638 e. The van der Waals surface area contributed by atoms with Gasteiger partial charge in [-0.3, -0.25) is 0 Å². The molecule has 1 aliphatic rings. The van der Waals surface area contributed by atoms with Crippen LogP contribution < -0.4 is 0 Å². The van der Waals surface area contributed by atoms with E-state index in [0.29, 0.717) is 0 Å². The van der Waals surface area contributed by atoms with Gasteiger partial charge in [0.25, 0.3) is 0 Å². The molecule has 2 heteroatoms. The third-order valence-electron chi connectivity index (χ3n) is 2.19. The number of rotatable bonds is 5. The highest BCUT2D eigenvalue weighted by Gasteiger charge is 2.21. The van der Waals surface area contributed by atoms with Gasteiger partial charge >= 0.3 is 0 Å². The molecule has 2 nitrogen and oxygen atoms in total. The van der Waals surface area contributed by atoms with E-state index >= 15 is 0 Å². The van der Waals surface area contributed by atoms with Crippen molar-refractivity contribution in [1.82, 2.24) is 4.90 Å². The second-order valence-corrected chi connectivity index (χ2v) is 3.84. The molecule has 0 heterocycles. The molecular formula is C9H19NO. The largest absolute Gasteiger partial charge is 0.392 e. The number of nitrogens with zero attached hydrogens (tertiary/aromatic N) is 1. The Labute approximate surface area is 69.2 Å². The molecule has 1 aliphatic carbocycles. The van der Waals surface area contributed by atoms with E-state index in [0.717, 1.165) is 19.0 Å². The van der Waals surface area contributed by atoms with E-state index in [1.165, 1.54) is 19.3 Å². The zero-order chi connectivity index (χ0) is 8.27. The van der Waals surface area contributed by atoms with E-state index in [-0.39, 0.29) is 6.10 Å². The molecule has 66 valence electrons. The van der Waals surface area contributed by atoms with Crippen LogP contribution in [0.15, 0.2) is 0 Å². The summed E-state index contributed by atoms with van der Waals surface area (Å²) >= 11 is 0. The number of hydrogen-bond acceptors (Lipinski definition) is 2. The number of aliphatic hydroxyl groups is 1. The topological polar surface area (TPSA) is 23.5 Å². The molecule has 1 saturated carbocycles. The molecule has 0 spiro atoms. The molecular weight excluding hydrogens is 138 g/mol. The third-order valence-corrected chi connectivity index (χ3v) is 2.19. The van der Waals surface area contributed by atoms with Crippen LogP contribution in [0.5, 0.6) is 0 Å². The Morgan fingerprint density at radius 2 is 2.18 bits per heavy atom. The molecule has 11 heavy (non-hydrogen) atoms. The van der Waals surface area contributed by atoms with Crippen LogP contribution >= 0.6 is 0 Å². The van der Waals surface area contributed by atoms with Crippen molar-refractivity contribution >= 4 is 0 Å². The van der Waals surface area contributed by atoms with Crippen LogP contribution in [0.2, 0.25) is 0 Å². The fraction of sp³-hybridized carbons (Fsp3) is 1.00. The van der Waals surface area contributed by atoms with Gasteiger partial charge in [-0.1, -0.05) is 12.8 Å². The highest BCUT2D eigenvalue weighted by Crippen LogP contribution is 2.32.